The number of benzene rings is 1. The van der Waals surface area contributed by atoms with Crippen LogP contribution < -0.4 is 5.73 Å². The lowest BCUT2D eigenvalue weighted by atomic mass is 9.93. The van der Waals surface area contributed by atoms with Gasteiger partial charge in [0.25, 0.3) is 0 Å². The average molecular weight is 284 g/mol. The van der Waals surface area contributed by atoms with E-state index < -0.39 is 17.5 Å². The smallest absolute Gasteiger partial charge is 0.419 e. The third-order valence-electron chi connectivity index (χ3n) is 2.92. The second-order valence-corrected chi connectivity index (χ2v) is 4.09. The van der Waals surface area contributed by atoms with Gasteiger partial charge in [0.1, 0.15) is 5.75 Å². The van der Waals surface area contributed by atoms with Crippen LogP contribution in [0, 0.1) is 0 Å². The molecule has 1 aromatic carbocycles. The molecule has 0 amide bonds. The van der Waals surface area contributed by atoms with Crippen LogP contribution >= 0.6 is 12.4 Å². The van der Waals surface area contributed by atoms with Crippen molar-refractivity contribution in [2.75, 3.05) is 0 Å². The fourth-order valence-electron chi connectivity index (χ4n) is 1.61. The number of hydrogen-bond donors (Lipinski definition) is 2. The largest absolute Gasteiger partial charge is 0.507 e. The summed E-state index contributed by atoms with van der Waals surface area (Å²) in [5.41, 5.74) is 5.03. The molecule has 1 rings (SSSR count). The van der Waals surface area contributed by atoms with E-state index in [1.807, 2.05) is 13.8 Å². The Morgan fingerprint density at radius 2 is 1.89 bits per heavy atom. The molecule has 3 N–H and O–H groups in total. The van der Waals surface area contributed by atoms with E-state index in [0.717, 1.165) is 12.5 Å². The van der Waals surface area contributed by atoms with Crippen LogP contribution in [0.1, 0.15) is 42.9 Å². The van der Waals surface area contributed by atoms with Crippen LogP contribution in [0.2, 0.25) is 0 Å². The molecule has 0 heterocycles. The molecule has 0 aromatic heterocycles. The molecule has 0 aliphatic heterocycles. The first kappa shape index (κ1) is 17.1. The predicted octanol–water partition coefficient (Wildman–Crippen LogP) is 3.81. The van der Waals surface area contributed by atoms with E-state index in [1.165, 1.54) is 0 Å². The fourth-order valence-corrected chi connectivity index (χ4v) is 1.61. The molecule has 0 aliphatic rings. The van der Waals surface area contributed by atoms with Crippen LogP contribution in [0.5, 0.6) is 5.75 Å². The topological polar surface area (TPSA) is 46.2 Å². The lowest BCUT2D eigenvalue weighted by molar-refractivity contribution is -0.138. The van der Waals surface area contributed by atoms with Gasteiger partial charge in [-0.15, -0.1) is 12.4 Å². The van der Waals surface area contributed by atoms with Crippen molar-refractivity contribution in [2.24, 2.45) is 5.73 Å². The van der Waals surface area contributed by atoms with Gasteiger partial charge in [-0.25, -0.2) is 0 Å². The van der Waals surface area contributed by atoms with Crippen LogP contribution in [0.3, 0.4) is 0 Å². The molecule has 0 saturated heterocycles. The first-order valence-electron chi connectivity index (χ1n) is 5.44. The van der Waals surface area contributed by atoms with Crippen LogP contribution in [0.4, 0.5) is 13.2 Å². The SMILES string of the molecule is CCC(C)c1cc(CN)c(O)c(C(F)(F)F)c1.Cl. The van der Waals surface area contributed by atoms with E-state index in [9.17, 15) is 18.3 Å². The van der Waals surface area contributed by atoms with E-state index in [0.29, 0.717) is 5.56 Å². The van der Waals surface area contributed by atoms with Crippen LogP contribution in [0.25, 0.3) is 0 Å². The molecule has 0 bridgehead atoms. The summed E-state index contributed by atoms with van der Waals surface area (Å²) < 4.78 is 38.1. The Morgan fingerprint density at radius 1 is 1.33 bits per heavy atom. The highest BCUT2D eigenvalue weighted by Gasteiger charge is 2.35. The zero-order chi connectivity index (χ0) is 13.2. The molecule has 0 spiro atoms. The third kappa shape index (κ3) is 3.53. The van der Waals surface area contributed by atoms with Gasteiger partial charge in [-0.3, -0.25) is 0 Å². The van der Waals surface area contributed by atoms with E-state index >= 15 is 0 Å². The Labute approximate surface area is 110 Å². The molecule has 1 aromatic rings. The second kappa shape index (κ2) is 6.29. The first-order valence-corrected chi connectivity index (χ1v) is 5.44. The number of phenols is 1. The molecular formula is C12H17ClF3NO. The molecule has 0 fully saturated rings. The zero-order valence-electron chi connectivity index (χ0n) is 10.2. The predicted molar refractivity (Wildman–Crippen MR) is 67.0 cm³/mol. The van der Waals surface area contributed by atoms with Crippen molar-refractivity contribution in [3.8, 4) is 5.75 Å². The number of aromatic hydroxyl groups is 1. The summed E-state index contributed by atoms with van der Waals surface area (Å²) >= 11 is 0. The zero-order valence-corrected chi connectivity index (χ0v) is 11.0. The Hall–Kier alpha value is -0.940. The van der Waals surface area contributed by atoms with Crippen LogP contribution in [-0.4, -0.2) is 5.11 Å². The van der Waals surface area contributed by atoms with Gasteiger partial charge in [0.05, 0.1) is 5.56 Å². The van der Waals surface area contributed by atoms with Gasteiger partial charge in [-0.05, 0) is 24.0 Å². The summed E-state index contributed by atoms with van der Waals surface area (Å²) in [6, 6.07) is 2.54. The minimum absolute atomic E-state index is 0. The van der Waals surface area contributed by atoms with Gasteiger partial charge < -0.3 is 10.8 Å². The van der Waals surface area contributed by atoms with Crippen molar-refractivity contribution in [3.05, 3.63) is 28.8 Å². The minimum Gasteiger partial charge on any atom is -0.507 e. The Kier molecular flexibility index (Phi) is 5.96. The maximum Gasteiger partial charge on any atom is 0.419 e. The lowest BCUT2D eigenvalue weighted by Crippen LogP contribution is -2.10. The van der Waals surface area contributed by atoms with Crippen LogP contribution in [-0.2, 0) is 12.7 Å². The first-order chi connectivity index (χ1) is 7.81. The number of hydrogen-bond acceptors (Lipinski definition) is 2. The summed E-state index contributed by atoms with van der Waals surface area (Å²) in [4.78, 5) is 0. The van der Waals surface area contributed by atoms with Crippen molar-refractivity contribution < 1.29 is 18.3 Å². The Morgan fingerprint density at radius 3 is 2.28 bits per heavy atom. The van der Waals surface area contributed by atoms with E-state index in [-0.39, 0.29) is 30.4 Å². The maximum absolute atomic E-state index is 12.7. The van der Waals surface area contributed by atoms with Gasteiger partial charge >= 0.3 is 6.18 Å². The third-order valence-corrected chi connectivity index (χ3v) is 2.92. The van der Waals surface area contributed by atoms with Crippen molar-refractivity contribution in [3.63, 3.8) is 0 Å². The highest BCUT2D eigenvalue weighted by atomic mass is 35.5. The van der Waals surface area contributed by atoms with Crippen molar-refractivity contribution >= 4 is 12.4 Å². The fraction of sp³-hybridized carbons (Fsp3) is 0.500. The summed E-state index contributed by atoms with van der Waals surface area (Å²) in [5, 5.41) is 9.50. The summed E-state index contributed by atoms with van der Waals surface area (Å²) in [6.07, 6.45) is -3.83. The molecule has 1 atom stereocenters. The molecule has 2 nitrogen and oxygen atoms in total. The summed E-state index contributed by atoms with van der Waals surface area (Å²) in [5.74, 6) is -0.756. The standard InChI is InChI=1S/C12H16F3NO.ClH/c1-3-7(2)8-4-9(6-16)11(17)10(5-8)12(13,14)15;/h4-5,7,17H,3,6,16H2,1-2H3;1H. The normalized spacial score (nSPS) is 13.0. The Bertz CT molecular complexity index is 407. The van der Waals surface area contributed by atoms with Crippen molar-refractivity contribution in [2.45, 2.75) is 38.9 Å². The van der Waals surface area contributed by atoms with Gasteiger partial charge in [0.2, 0.25) is 0 Å². The van der Waals surface area contributed by atoms with Gasteiger partial charge in [0.15, 0.2) is 0 Å². The molecule has 18 heavy (non-hydrogen) atoms. The maximum atomic E-state index is 12.7. The molecule has 0 aliphatic carbocycles. The number of alkyl halides is 3. The summed E-state index contributed by atoms with van der Waals surface area (Å²) in [7, 11) is 0. The van der Waals surface area contributed by atoms with E-state index in [1.54, 1.807) is 6.07 Å². The monoisotopic (exact) mass is 283 g/mol. The lowest BCUT2D eigenvalue weighted by Gasteiger charge is -2.17. The van der Waals surface area contributed by atoms with Gasteiger partial charge in [-0.2, -0.15) is 13.2 Å². The molecule has 104 valence electrons. The van der Waals surface area contributed by atoms with Crippen molar-refractivity contribution in [1.29, 1.82) is 0 Å². The second-order valence-electron chi connectivity index (χ2n) is 4.09. The van der Waals surface area contributed by atoms with E-state index in [2.05, 4.69) is 0 Å². The highest BCUT2D eigenvalue weighted by Crippen LogP contribution is 2.39. The molecule has 0 radical (unpaired) electrons. The van der Waals surface area contributed by atoms with Gasteiger partial charge in [0, 0.05) is 12.1 Å². The number of halogens is 4. The highest BCUT2D eigenvalue weighted by molar-refractivity contribution is 5.85. The molecule has 1 unspecified atom stereocenters. The average Bonchev–Trinajstić information content (AvgIpc) is 2.26. The number of rotatable bonds is 3. The van der Waals surface area contributed by atoms with Crippen LogP contribution in [0.15, 0.2) is 12.1 Å². The number of nitrogens with two attached hydrogens (primary N) is 1. The summed E-state index contributed by atoms with van der Waals surface area (Å²) in [6.45, 7) is 3.62. The van der Waals surface area contributed by atoms with Gasteiger partial charge in [-0.1, -0.05) is 19.9 Å². The number of phenolic OH excluding ortho intramolecular Hbond substituents is 1. The minimum atomic E-state index is -4.56. The van der Waals surface area contributed by atoms with Crippen molar-refractivity contribution in [1.82, 2.24) is 0 Å². The Balaban J connectivity index is 0.00000289. The molecular weight excluding hydrogens is 267 g/mol. The molecule has 0 saturated carbocycles. The van der Waals surface area contributed by atoms with E-state index in [4.69, 9.17) is 5.73 Å². The quantitative estimate of drug-likeness (QED) is 0.886. The molecule has 6 heteroatoms.